The van der Waals surface area contributed by atoms with Crippen LogP contribution in [-0.2, 0) is 10.0 Å². The summed E-state index contributed by atoms with van der Waals surface area (Å²) in [6.45, 7) is 3.43. The van der Waals surface area contributed by atoms with Gasteiger partial charge >= 0.3 is 0 Å². The summed E-state index contributed by atoms with van der Waals surface area (Å²) in [6, 6.07) is 7.51. The lowest BCUT2D eigenvalue weighted by atomic mass is 9.98. The van der Waals surface area contributed by atoms with E-state index in [0.717, 1.165) is 31.8 Å². The number of likely N-dealkylation sites (tertiary alicyclic amines) is 1. The first-order chi connectivity index (χ1) is 12.5. The first kappa shape index (κ1) is 20.9. The monoisotopic (exact) mass is 415 g/mol. The van der Waals surface area contributed by atoms with E-state index in [9.17, 15) is 8.42 Å². The summed E-state index contributed by atoms with van der Waals surface area (Å²) in [7, 11) is -1.84. The van der Waals surface area contributed by atoms with E-state index in [1.54, 1.807) is 35.7 Å². The molecular formula is C19H30ClN3O3S. The van der Waals surface area contributed by atoms with Crippen LogP contribution < -0.4 is 10.5 Å². The molecule has 3 atom stereocenters. The van der Waals surface area contributed by atoms with Crippen LogP contribution in [0.4, 0.5) is 0 Å². The first-order valence-electron chi connectivity index (χ1n) is 9.63. The zero-order valence-electron chi connectivity index (χ0n) is 15.8. The third-order valence-corrected chi connectivity index (χ3v) is 8.49. The lowest BCUT2D eigenvalue weighted by molar-refractivity contribution is 0.156. The third kappa shape index (κ3) is 3.98. The van der Waals surface area contributed by atoms with Crippen molar-refractivity contribution >= 4 is 22.4 Å². The Labute approximate surface area is 168 Å². The van der Waals surface area contributed by atoms with E-state index < -0.39 is 10.0 Å². The number of fused-ring (bicyclic) bond motifs is 1. The van der Waals surface area contributed by atoms with Gasteiger partial charge < -0.3 is 10.5 Å². The summed E-state index contributed by atoms with van der Waals surface area (Å²) in [4.78, 5) is 2.92. The molecule has 2 heterocycles. The molecule has 1 aromatic rings. The molecule has 2 aliphatic heterocycles. The smallest absolute Gasteiger partial charge is 0.243 e. The Kier molecular flexibility index (Phi) is 6.37. The van der Waals surface area contributed by atoms with Gasteiger partial charge in [-0.15, -0.1) is 12.4 Å². The summed E-state index contributed by atoms with van der Waals surface area (Å²) >= 11 is 0. The van der Waals surface area contributed by atoms with Gasteiger partial charge in [-0.2, -0.15) is 4.31 Å². The summed E-state index contributed by atoms with van der Waals surface area (Å²) in [5.74, 6) is 2.07. The van der Waals surface area contributed by atoms with Crippen LogP contribution in [0.2, 0.25) is 0 Å². The molecule has 0 spiro atoms. The molecule has 1 aliphatic carbocycles. The number of piperidine rings is 1. The molecule has 6 nitrogen and oxygen atoms in total. The second-order valence-corrected chi connectivity index (χ2v) is 9.87. The molecule has 152 valence electrons. The van der Waals surface area contributed by atoms with Gasteiger partial charge in [0, 0.05) is 38.3 Å². The molecule has 27 heavy (non-hydrogen) atoms. The number of methoxy groups -OCH3 is 1. The van der Waals surface area contributed by atoms with Crippen molar-refractivity contribution in [3.8, 4) is 5.75 Å². The van der Waals surface area contributed by atoms with Gasteiger partial charge in [0.1, 0.15) is 5.75 Å². The maximum absolute atomic E-state index is 12.9. The molecule has 2 N–H and O–H groups in total. The summed E-state index contributed by atoms with van der Waals surface area (Å²) in [5, 5.41) is 0. The molecule has 0 amide bonds. The number of rotatable bonds is 4. The van der Waals surface area contributed by atoms with Crippen LogP contribution in [0.25, 0.3) is 0 Å². The predicted molar refractivity (Wildman–Crippen MR) is 108 cm³/mol. The predicted octanol–water partition coefficient (Wildman–Crippen LogP) is 1.94. The number of benzene rings is 1. The molecule has 0 bridgehead atoms. The topological polar surface area (TPSA) is 75.9 Å². The Hall–Kier alpha value is -0.860. The van der Waals surface area contributed by atoms with Crippen LogP contribution in [0.1, 0.15) is 25.7 Å². The third-order valence-electron chi connectivity index (χ3n) is 6.58. The van der Waals surface area contributed by atoms with Crippen LogP contribution in [-0.4, -0.2) is 63.0 Å². The molecule has 2 saturated heterocycles. The molecule has 8 heteroatoms. The zero-order valence-corrected chi connectivity index (χ0v) is 17.4. The van der Waals surface area contributed by atoms with Crippen molar-refractivity contribution in [3.05, 3.63) is 24.3 Å². The van der Waals surface area contributed by atoms with Gasteiger partial charge in [0.25, 0.3) is 0 Å². The number of nitrogens with two attached hydrogens (primary N) is 1. The number of sulfonamides is 1. The Morgan fingerprint density at radius 3 is 2.30 bits per heavy atom. The SMILES string of the molecule is COc1ccc(S(=O)(=O)N2CCC(N3CC4CCC(N)C4C3)CC2)cc1.Cl. The van der Waals surface area contributed by atoms with Crippen molar-refractivity contribution in [2.75, 3.05) is 33.3 Å². The molecular weight excluding hydrogens is 386 g/mol. The van der Waals surface area contributed by atoms with Crippen LogP contribution in [0.15, 0.2) is 29.2 Å². The van der Waals surface area contributed by atoms with Crippen LogP contribution in [0.5, 0.6) is 5.75 Å². The average molecular weight is 416 g/mol. The number of hydrogen-bond donors (Lipinski definition) is 1. The average Bonchev–Trinajstić information content (AvgIpc) is 3.24. The standard InChI is InChI=1S/C19H29N3O3S.ClH/c1-25-16-3-5-17(6-4-16)26(23,24)22-10-8-15(9-11-22)21-12-14-2-7-19(20)18(14)13-21;/h3-6,14-15,18-19H,2,7-13,20H2,1H3;1H. The highest BCUT2D eigenvalue weighted by Crippen LogP contribution is 2.39. The van der Waals surface area contributed by atoms with Crippen molar-refractivity contribution in [2.45, 2.75) is 42.7 Å². The minimum Gasteiger partial charge on any atom is -0.497 e. The number of ether oxygens (including phenoxy) is 1. The summed E-state index contributed by atoms with van der Waals surface area (Å²) in [5.41, 5.74) is 6.25. The van der Waals surface area contributed by atoms with Gasteiger partial charge in [-0.05, 0) is 61.8 Å². The fourth-order valence-electron chi connectivity index (χ4n) is 4.98. The van der Waals surface area contributed by atoms with E-state index in [0.29, 0.717) is 41.7 Å². The van der Waals surface area contributed by atoms with Crippen molar-refractivity contribution in [1.29, 1.82) is 0 Å². The summed E-state index contributed by atoms with van der Waals surface area (Å²) < 4.78 is 32.5. The second kappa shape index (κ2) is 8.25. The molecule has 3 unspecified atom stereocenters. The van der Waals surface area contributed by atoms with Crippen molar-refractivity contribution < 1.29 is 13.2 Å². The Morgan fingerprint density at radius 1 is 1.04 bits per heavy atom. The molecule has 3 fully saturated rings. The highest BCUT2D eigenvalue weighted by atomic mass is 35.5. The largest absolute Gasteiger partial charge is 0.497 e. The Morgan fingerprint density at radius 2 is 1.70 bits per heavy atom. The van der Waals surface area contributed by atoms with Gasteiger partial charge in [0.15, 0.2) is 0 Å². The Balaban J connectivity index is 0.00000210. The lowest BCUT2D eigenvalue weighted by Gasteiger charge is -2.36. The van der Waals surface area contributed by atoms with E-state index in [1.807, 2.05) is 0 Å². The van der Waals surface area contributed by atoms with Crippen LogP contribution in [0, 0.1) is 11.8 Å². The first-order valence-corrected chi connectivity index (χ1v) is 11.1. The highest BCUT2D eigenvalue weighted by molar-refractivity contribution is 7.89. The van der Waals surface area contributed by atoms with Crippen LogP contribution >= 0.6 is 12.4 Å². The van der Waals surface area contributed by atoms with Crippen molar-refractivity contribution in [2.24, 2.45) is 17.6 Å². The quantitative estimate of drug-likeness (QED) is 0.813. The normalized spacial score (nSPS) is 30.1. The van der Waals surface area contributed by atoms with Gasteiger partial charge in [-0.25, -0.2) is 8.42 Å². The van der Waals surface area contributed by atoms with Gasteiger partial charge in [-0.1, -0.05) is 0 Å². The fraction of sp³-hybridized carbons (Fsp3) is 0.684. The number of hydrogen-bond acceptors (Lipinski definition) is 5. The van der Waals surface area contributed by atoms with E-state index >= 15 is 0 Å². The second-order valence-electron chi connectivity index (χ2n) is 7.93. The molecule has 0 aromatic heterocycles. The minimum atomic E-state index is -3.42. The van der Waals surface area contributed by atoms with Crippen LogP contribution in [0.3, 0.4) is 0 Å². The molecule has 0 radical (unpaired) electrons. The van der Waals surface area contributed by atoms with Crippen molar-refractivity contribution in [1.82, 2.24) is 9.21 Å². The maximum Gasteiger partial charge on any atom is 0.243 e. The lowest BCUT2D eigenvalue weighted by Crippen LogP contribution is -2.46. The van der Waals surface area contributed by atoms with E-state index in [1.165, 1.54) is 12.8 Å². The van der Waals surface area contributed by atoms with Gasteiger partial charge in [0.2, 0.25) is 10.0 Å². The maximum atomic E-state index is 12.9. The number of nitrogens with zero attached hydrogens (tertiary/aromatic N) is 2. The van der Waals surface area contributed by atoms with E-state index in [2.05, 4.69) is 4.90 Å². The van der Waals surface area contributed by atoms with E-state index in [-0.39, 0.29) is 12.4 Å². The summed E-state index contributed by atoms with van der Waals surface area (Å²) in [6.07, 6.45) is 4.24. The zero-order chi connectivity index (χ0) is 18.3. The van der Waals surface area contributed by atoms with Gasteiger partial charge in [-0.3, -0.25) is 4.90 Å². The van der Waals surface area contributed by atoms with Gasteiger partial charge in [0.05, 0.1) is 12.0 Å². The molecule has 4 rings (SSSR count). The number of halogens is 1. The highest BCUT2D eigenvalue weighted by Gasteiger charge is 2.43. The van der Waals surface area contributed by atoms with Crippen molar-refractivity contribution in [3.63, 3.8) is 0 Å². The molecule has 3 aliphatic rings. The Bertz CT molecular complexity index is 735. The van der Waals surface area contributed by atoms with E-state index in [4.69, 9.17) is 10.5 Å². The molecule has 1 aromatic carbocycles. The minimum absolute atomic E-state index is 0. The fourth-order valence-corrected chi connectivity index (χ4v) is 6.45. The molecule has 1 saturated carbocycles.